The van der Waals surface area contributed by atoms with Crippen molar-refractivity contribution in [3.8, 4) is 0 Å². The van der Waals surface area contributed by atoms with Crippen molar-refractivity contribution in [2.75, 3.05) is 53.4 Å². The van der Waals surface area contributed by atoms with E-state index in [1.807, 2.05) is 4.90 Å². The lowest BCUT2D eigenvalue weighted by atomic mass is 9.68. The molecule has 23 heavy (non-hydrogen) atoms. The second-order valence-corrected chi connectivity index (χ2v) is 8.43. The van der Waals surface area contributed by atoms with Crippen molar-refractivity contribution in [2.45, 2.75) is 33.1 Å². The molecule has 3 aliphatic rings. The van der Waals surface area contributed by atoms with E-state index in [0.717, 1.165) is 52.1 Å². The Bertz CT molecular complexity index is 494. The van der Waals surface area contributed by atoms with Crippen LogP contribution in [-0.4, -0.2) is 79.8 Å². The van der Waals surface area contributed by atoms with E-state index < -0.39 is 5.41 Å². The molecule has 5 nitrogen and oxygen atoms in total. The summed E-state index contributed by atoms with van der Waals surface area (Å²) in [5.41, 5.74) is -0.882. The third-order valence-electron chi connectivity index (χ3n) is 6.78. The first-order valence-corrected chi connectivity index (χ1v) is 8.99. The number of hydrogen-bond donors (Lipinski definition) is 0. The predicted molar refractivity (Wildman–Crippen MR) is 90.1 cm³/mol. The van der Waals surface area contributed by atoms with E-state index in [9.17, 15) is 9.59 Å². The normalized spacial score (nSPS) is 33.7. The van der Waals surface area contributed by atoms with Crippen LogP contribution < -0.4 is 0 Å². The molecule has 1 aliphatic heterocycles. The van der Waals surface area contributed by atoms with Gasteiger partial charge in [-0.25, -0.2) is 0 Å². The fourth-order valence-electron chi connectivity index (χ4n) is 4.96. The number of amides is 1. The molecule has 1 saturated heterocycles. The molecule has 3 fully saturated rings. The summed E-state index contributed by atoms with van der Waals surface area (Å²) < 4.78 is 0. The zero-order valence-electron chi connectivity index (χ0n) is 15.1. The zero-order valence-corrected chi connectivity index (χ0v) is 15.1. The third-order valence-corrected chi connectivity index (χ3v) is 6.78. The number of carbonyl (C=O) groups is 2. The Morgan fingerprint density at radius 3 is 2.35 bits per heavy atom. The van der Waals surface area contributed by atoms with E-state index >= 15 is 0 Å². The van der Waals surface area contributed by atoms with Crippen molar-refractivity contribution in [1.82, 2.24) is 14.7 Å². The largest absolute Gasteiger partial charge is 0.339 e. The number of rotatable bonds is 4. The Hall–Kier alpha value is -0.940. The maximum absolute atomic E-state index is 13.3. The first-order chi connectivity index (χ1) is 10.8. The van der Waals surface area contributed by atoms with Gasteiger partial charge in [-0.2, -0.15) is 0 Å². The van der Waals surface area contributed by atoms with Crippen LogP contribution in [0.25, 0.3) is 0 Å². The van der Waals surface area contributed by atoms with Gasteiger partial charge in [-0.15, -0.1) is 0 Å². The minimum atomic E-state index is -0.719. The molecular formula is C18H31N3O2. The summed E-state index contributed by atoms with van der Waals surface area (Å²) in [7, 11) is 4.17. The molecule has 3 rings (SSSR count). The predicted octanol–water partition coefficient (Wildman–Crippen LogP) is 1.09. The van der Waals surface area contributed by atoms with Gasteiger partial charge in [0.05, 0.1) is 0 Å². The minimum absolute atomic E-state index is 0.125. The quantitative estimate of drug-likeness (QED) is 0.727. The summed E-state index contributed by atoms with van der Waals surface area (Å²) in [5, 5.41) is 0. The van der Waals surface area contributed by atoms with Gasteiger partial charge < -0.3 is 9.80 Å². The molecule has 1 amide bonds. The first-order valence-electron chi connectivity index (χ1n) is 8.99. The Kier molecular flexibility index (Phi) is 4.30. The van der Waals surface area contributed by atoms with Gasteiger partial charge in [-0.05, 0) is 38.3 Å². The summed E-state index contributed by atoms with van der Waals surface area (Å²) in [6.45, 7) is 9.75. The number of carbonyl (C=O) groups excluding carboxylic acids is 2. The van der Waals surface area contributed by atoms with Crippen LogP contribution in [-0.2, 0) is 9.59 Å². The first kappa shape index (κ1) is 16.9. The van der Waals surface area contributed by atoms with Crippen molar-refractivity contribution in [1.29, 1.82) is 0 Å². The highest BCUT2D eigenvalue weighted by molar-refractivity contribution is 6.09. The van der Waals surface area contributed by atoms with E-state index in [0.29, 0.717) is 12.3 Å². The van der Waals surface area contributed by atoms with Gasteiger partial charge in [0.2, 0.25) is 5.91 Å². The molecule has 0 N–H and O–H groups in total. The standard InChI is InChI=1S/C18H31N3O2/c1-17(2)14-5-6-18(17,15(22)13-14)16(23)21-11-9-20(10-12-21)8-7-19(3)4/h14H,5-13H2,1-4H3. The molecule has 0 aromatic carbocycles. The Labute approximate surface area is 140 Å². The molecule has 2 aliphatic carbocycles. The van der Waals surface area contributed by atoms with Gasteiger partial charge in [-0.1, -0.05) is 13.8 Å². The summed E-state index contributed by atoms with van der Waals surface area (Å²) >= 11 is 0. The molecule has 5 heteroatoms. The number of ketones is 1. The highest BCUT2D eigenvalue weighted by atomic mass is 16.2. The molecule has 1 heterocycles. The molecule has 2 unspecified atom stereocenters. The molecule has 0 aromatic heterocycles. The molecule has 130 valence electrons. The highest BCUT2D eigenvalue weighted by Crippen LogP contribution is 2.64. The maximum atomic E-state index is 13.3. The number of nitrogens with zero attached hydrogens (tertiary/aromatic N) is 3. The van der Waals surface area contributed by atoms with E-state index in [1.165, 1.54) is 0 Å². The molecule has 0 radical (unpaired) electrons. The monoisotopic (exact) mass is 321 g/mol. The molecular weight excluding hydrogens is 290 g/mol. The van der Waals surface area contributed by atoms with Gasteiger partial charge in [0.25, 0.3) is 0 Å². The molecule has 0 spiro atoms. The summed E-state index contributed by atoms with van der Waals surface area (Å²) in [5.74, 6) is 0.735. The van der Waals surface area contributed by atoms with Crippen LogP contribution in [0.4, 0.5) is 0 Å². The number of piperazine rings is 1. The van der Waals surface area contributed by atoms with Gasteiger partial charge in [0, 0.05) is 45.7 Å². The topological polar surface area (TPSA) is 43.9 Å². The Morgan fingerprint density at radius 2 is 1.87 bits per heavy atom. The van der Waals surface area contributed by atoms with Crippen LogP contribution in [0.3, 0.4) is 0 Å². The van der Waals surface area contributed by atoms with Crippen LogP contribution in [0, 0.1) is 16.7 Å². The summed E-state index contributed by atoms with van der Waals surface area (Å²) in [6, 6.07) is 0. The zero-order chi connectivity index (χ0) is 16.8. The van der Waals surface area contributed by atoms with Crippen molar-refractivity contribution in [3.05, 3.63) is 0 Å². The molecule has 2 bridgehead atoms. The second-order valence-electron chi connectivity index (χ2n) is 8.43. The van der Waals surface area contributed by atoms with E-state index in [4.69, 9.17) is 0 Å². The van der Waals surface area contributed by atoms with Crippen LogP contribution in [0.15, 0.2) is 0 Å². The van der Waals surface area contributed by atoms with Crippen molar-refractivity contribution in [2.24, 2.45) is 16.7 Å². The van der Waals surface area contributed by atoms with E-state index in [1.54, 1.807) is 0 Å². The van der Waals surface area contributed by atoms with Crippen LogP contribution in [0.5, 0.6) is 0 Å². The second kappa shape index (κ2) is 5.85. The average molecular weight is 321 g/mol. The number of likely N-dealkylation sites (N-methyl/N-ethyl adjacent to an activating group) is 1. The molecule has 0 aromatic rings. The smallest absolute Gasteiger partial charge is 0.236 e. The fourth-order valence-corrected chi connectivity index (χ4v) is 4.96. The molecule has 2 saturated carbocycles. The SMILES string of the molecule is CN(C)CCN1CCN(C(=O)C23CCC(CC2=O)C3(C)C)CC1. The lowest BCUT2D eigenvalue weighted by Gasteiger charge is -2.42. The van der Waals surface area contributed by atoms with Gasteiger partial charge in [0.15, 0.2) is 0 Å². The molecule has 2 atom stereocenters. The summed E-state index contributed by atoms with van der Waals surface area (Å²) in [4.78, 5) is 32.5. The Balaban J connectivity index is 1.65. The van der Waals surface area contributed by atoms with Gasteiger partial charge in [0.1, 0.15) is 11.2 Å². The van der Waals surface area contributed by atoms with Crippen LogP contribution in [0.1, 0.15) is 33.1 Å². The Morgan fingerprint density at radius 1 is 1.22 bits per heavy atom. The van der Waals surface area contributed by atoms with Crippen molar-refractivity contribution in [3.63, 3.8) is 0 Å². The van der Waals surface area contributed by atoms with Crippen LogP contribution in [0.2, 0.25) is 0 Å². The minimum Gasteiger partial charge on any atom is -0.339 e. The lowest BCUT2D eigenvalue weighted by Crippen LogP contribution is -2.57. The number of fused-ring (bicyclic) bond motifs is 2. The third kappa shape index (κ3) is 2.52. The maximum Gasteiger partial charge on any atom is 0.236 e. The van der Waals surface area contributed by atoms with Crippen molar-refractivity contribution < 1.29 is 9.59 Å². The van der Waals surface area contributed by atoms with Crippen molar-refractivity contribution >= 4 is 11.7 Å². The number of hydrogen-bond acceptors (Lipinski definition) is 4. The van der Waals surface area contributed by atoms with E-state index in [-0.39, 0.29) is 17.1 Å². The average Bonchev–Trinajstić information content (AvgIpc) is 2.88. The van der Waals surface area contributed by atoms with Gasteiger partial charge >= 0.3 is 0 Å². The van der Waals surface area contributed by atoms with E-state index in [2.05, 4.69) is 37.7 Å². The number of Topliss-reactive ketones (excluding diaryl/α,β-unsaturated/α-hetero) is 1. The van der Waals surface area contributed by atoms with Crippen LogP contribution >= 0.6 is 0 Å². The lowest BCUT2D eigenvalue weighted by molar-refractivity contribution is -0.154. The highest BCUT2D eigenvalue weighted by Gasteiger charge is 2.68. The fraction of sp³-hybridized carbons (Fsp3) is 0.889. The van der Waals surface area contributed by atoms with Gasteiger partial charge in [-0.3, -0.25) is 14.5 Å². The summed E-state index contributed by atoms with van der Waals surface area (Å²) in [6.07, 6.45) is 2.41.